The molecule has 0 aliphatic carbocycles. The van der Waals surface area contributed by atoms with Gasteiger partial charge in [-0.05, 0) is 46.2 Å². The first-order valence-electron chi connectivity index (χ1n) is 10.1. The number of carbonyl (C=O) groups is 1. The van der Waals surface area contributed by atoms with Crippen molar-refractivity contribution in [2.24, 2.45) is 0 Å². The normalized spacial score (nSPS) is 11.4. The standard InChI is InChI=1S/C23H26N6O/c1-14(2)29-16(4)12-20(27-29)25-23(30)19-11-15(3)24-22-21(19)17(5)26-28(22)13-18-9-7-6-8-10-18/h6-12,14H,13H2,1-5H3,(H,25,27,30). The first kappa shape index (κ1) is 19.8. The van der Waals surface area contributed by atoms with E-state index in [1.165, 1.54) is 0 Å². The monoisotopic (exact) mass is 402 g/mol. The third kappa shape index (κ3) is 3.70. The third-order valence-electron chi connectivity index (χ3n) is 5.08. The number of fused-ring (bicyclic) bond motifs is 1. The molecule has 0 saturated heterocycles. The van der Waals surface area contributed by atoms with Crippen molar-refractivity contribution in [3.05, 3.63) is 70.7 Å². The Morgan fingerprint density at radius 3 is 2.47 bits per heavy atom. The number of amides is 1. The van der Waals surface area contributed by atoms with Crippen molar-refractivity contribution in [3.63, 3.8) is 0 Å². The number of carbonyl (C=O) groups excluding carboxylic acids is 1. The van der Waals surface area contributed by atoms with Gasteiger partial charge >= 0.3 is 0 Å². The molecule has 3 heterocycles. The zero-order chi connectivity index (χ0) is 21.4. The Morgan fingerprint density at radius 2 is 1.80 bits per heavy atom. The Bertz CT molecular complexity index is 1220. The van der Waals surface area contributed by atoms with E-state index in [4.69, 9.17) is 0 Å². The molecule has 4 rings (SSSR count). The van der Waals surface area contributed by atoms with Crippen molar-refractivity contribution in [2.45, 2.75) is 47.2 Å². The predicted molar refractivity (Wildman–Crippen MR) is 118 cm³/mol. The number of hydrogen-bond acceptors (Lipinski definition) is 4. The molecule has 3 aromatic heterocycles. The summed E-state index contributed by atoms with van der Waals surface area (Å²) >= 11 is 0. The molecule has 0 unspecified atom stereocenters. The predicted octanol–water partition coefficient (Wildman–Crippen LogP) is 4.43. The van der Waals surface area contributed by atoms with Crippen LogP contribution in [0.15, 0.2) is 42.5 Å². The molecule has 4 aromatic rings. The summed E-state index contributed by atoms with van der Waals surface area (Å²) in [6.07, 6.45) is 0. The van der Waals surface area contributed by atoms with Crippen LogP contribution in [0.5, 0.6) is 0 Å². The first-order valence-corrected chi connectivity index (χ1v) is 10.1. The average molecular weight is 403 g/mol. The summed E-state index contributed by atoms with van der Waals surface area (Å²) < 4.78 is 3.76. The SMILES string of the molecule is Cc1cc(C(=O)Nc2cc(C)n(C(C)C)n2)c2c(C)nn(Cc3ccccc3)c2n1. The fourth-order valence-electron chi connectivity index (χ4n) is 3.78. The molecular weight excluding hydrogens is 376 g/mol. The lowest BCUT2D eigenvalue weighted by molar-refractivity contribution is 0.102. The van der Waals surface area contributed by atoms with E-state index in [0.29, 0.717) is 23.6 Å². The maximum Gasteiger partial charge on any atom is 0.257 e. The van der Waals surface area contributed by atoms with Crippen molar-refractivity contribution in [1.29, 1.82) is 0 Å². The molecule has 1 amide bonds. The molecule has 0 aliphatic rings. The molecule has 1 aromatic carbocycles. The number of aryl methyl sites for hydroxylation is 3. The lowest BCUT2D eigenvalue weighted by Gasteiger charge is -2.08. The minimum absolute atomic E-state index is 0.207. The third-order valence-corrected chi connectivity index (χ3v) is 5.08. The lowest BCUT2D eigenvalue weighted by Crippen LogP contribution is -2.14. The largest absolute Gasteiger partial charge is 0.305 e. The van der Waals surface area contributed by atoms with E-state index in [1.54, 1.807) is 0 Å². The molecule has 7 heteroatoms. The van der Waals surface area contributed by atoms with Crippen LogP contribution >= 0.6 is 0 Å². The molecule has 154 valence electrons. The van der Waals surface area contributed by atoms with Crippen LogP contribution in [0, 0.1) is 20.8 Å². The topological polar surface area (TPSA) is 77.6 Å². The highest BCUT2D eigenvalue weighted by Crippen LogP contribution is 2.24. The van der Waals surface area contributed by atoms with Gasteiger partial charge in [-0.25, -0.2) is 9.67 Å². The summed E-state index contributed by atoms with van der Waals surface area (Å²) in [4.78, 5) is 17.9. The fraction of sp³-hybridized carbons (Fsp3) is 0.304. The highest BCUT2D eigenvalue weighted by atomic mass is 16.1. The van der Waals surface area contributed by atoms with E-state index in [-0.39, 0.29) is 11.9 Å². The smallest absolute Gasteiger partial charge is 0.257 e. The molecular formula is C23H26N6O. The van der Waals surface area contributed by atoms with Gasteiger partial charge in [-0.3, -0.25) is 9.48 Å². The maximum absolute atomic E-state index is 13.2. The van der Waals surface area contributed by atoms with E-state index in [2.05, 4.69) is 46.5 Å². The first-order chi connectivity index (χ1) is 14.3. The van der Waals surface area contributed by atoms with Crippen LogP contribution in [0.4, 0.5) is 5.82 Å². The lowest BCUT2D eigenvalue weighted by atomic mass is 10.1. The molecule has 1 N–H and O–H groups in total. The maximum atomic E-state index is 13.2. The number of rotatable bonds is 5. The molecule has 0 bridgehead atoms. The Morgan fingerprint density at radius 1 is 1.07 bits per heavy atom. The molecule has 7 nitrogen and oxygen atoms in total. The van der Waals surface area contributed by atoms with E-state index < -0.39 is 0 Å². The van der Waals surface area contributed by atoms with Gasteiger partial charge in [0.05, 0.1) is 23.2 Å². The molecule has 0 aliphatic heterocycles. The van der Waals surface area contributed by atoms with Crippen molar-refractivity contribution in [3.8, 4) is 0 Å². The minimum Gasteiger partial charge on any atom is -0.305 e. The van der Waals surface area contributed by atoms with Crippen LogP contribution in [0.25, 0.3) is 11.0 Å². The Balaban J connectivity index is 1.72. The summed E-state index contributed by atoms with van der Waals surface area (Å²) in [6.45, 7) is 10.5. The van der Waals surface area contributed by atoms with Gasteiger partial charge in [-0.1, -0.05) is 30.3 Å². The van der Waals surface area contributed by atoms with Gasteiger partial charge in [-0.2, -0.15) is 10.2 Å². The van der Waals surface area contributed by atoms with Crippen LogP contribution in [-0.2, 0) is 6.54 Å². The van der Waals surface area contributed by atoms with Crippen LogP contribution in [0.1, 0.15) is 52.9 Å². The highest BCUT2D eigenvalue weighted by molar-refractivity contribution is 6.12. The number of nitrogens with one attached hydrogen (secondary N) is 1. The van der Waals surface area contributed by atoms with Crippen molar-refractivity contribution >= 4 is 22.8 Å². The summed E-state index contributed by atoms with van der Waals surface area (Å²) in [5.41, 5.74) is 4.96. The van der Waals surface area contributed by atoms with Gasteiger partial charge in [-0.15, -0.1) is 0 Å². The Kier molecular flexibility index (Phi) is 5.11. The zero-order valence-electron chi connectivity index (χ0n) is 18.0. The molecule has 0 spiro atoms. The van der Waals surface area contributed by atoms with Gasteiger partial charge in [0.1, 0.15) is 0 Å². The van der Waals surface area contributed by atoms with Gasteiger partial charge in [0.2, 0.25) is 0 Å². The van der Waals surface area contributed by atoms with E-state index >= 15 is 0 Å². The van der Waals surface area contributed by atoms with Crippen molar-refractivity contribution < 1.29 is 4.79 Å². The van der Waals surface area contributed by atoms with Gasteiger partial charge in [0.15, 0.2) is 11.5 Å². The number of aromatic nitrogens is 5. The Labute approximate surface area is 175 Å². The molecule has 0 radical (unpaired) electrons. The van der Waals surface area contributed by atoms with Crippen molar-refractivity contribution in [2.75, 3.05) is 5.32 Å². The van der Waals surface area contributed by atoms with Crippen LogP contribution in [0.2, 0.25) is 0 Å². The number of hydrogen-bond donors (Lipinski definition) is 1. The average Bonchev–Trinajstić information content (AvgIpc) is 3.21. The van der Waals surface area contributed by atoms with E-state index in [0.717, 1.165) is 28.0 Å². The van der Waals surface area contributed by atoms with Gasteiger partial charge in [0, 0.05) is 23.5 Å². The Hall–Kier alpha value is -3.48. The van der Waals surface area contributed by atoms with E-state index in [1.807, 2.05) is 60.5 Å². The van der Waals surface area contributed by atoms with Crippen LogP contribution < -0.4 is 5.32 Å². The number of anilines is 1. The summed E-state index contributed by atoms with van der Waals surface area (Å²) in [6, 6.07) is 14.0. The highest BCUT2D eigenvalue weighted by Gasteiger charge is 2.20. The summed E-state index contributed by atoms with van der Waals surface area (Å²) in [5.74, 6) is 0.337. The zero-order valence-corrected chi connectivity index (χ0v) is 18.0. The van der Waals surface area contributed by atoms with Gasteiger partial charge in [0.25, 0.3) is 5.91 Å². The second kappa shape index (κ2) is 7.74. The summed E-state index contributed by atoms with van der Waals surface area (Å²) in [5, 5.41) is 12.9. The fourth-order valence-corrected chi connectivity index (χ4v) is 3.78. The van der Waals surface area contributed by atoms with Crippen molar-refractivity contribution in [1.82, 2.24) is 24.5 Å². The molecule has 0 fully saturated rings. The minimum atomic E-state index is -0.207. The number of benzene rings is 1. The summed E-state index contributed by atoms with van der Waals surface area (Å²) in [7, 11) is 0. The quantitative estimate of drug-likeness (QED) is 0.535. The molecule has 0 saturated carbocycles. The number of pyridine rings is 1. The molecule has 0 atom stereocenters. The van der Waals surface area contributed by atoms with Gasteiger partial charge < -0.3 is 5.32 Å². The number of nitrogens with zero attached hydrogens (tertiary/aromatic N) is 5. The second-order valence-corrected chi connectivity index (χ2v) is 7.90. The second-order valence-electron chi connectivity index (χ2n) is 7.90. The van der Waals surface area contributed by atoms with Crippen LogP contribution in [0.3, 0.4) is 0 Å². The van der Waals surface area contributed by atoms with E-state index in [9.17, 15) is 4.79 Å². The molecule has 30 heavy (non-hydrogen) atoms. The van der Waals surface area contributed by atoms with Crippen LogP contribution in [-0.4, -0.2) is 30.5 Å².